The van der Waals surface area contributed by atoms with Crippen LogP contribution in [0.25, 0.3) is 0 Å². The number of hydrogen-bond acceptors (Lipinski definition) is 1. The molecule has 0 aliphatic carbocycles. The molecule has 1 amide bonds. The predicted molar refractivity (Wildman–Crippen MR) is 47.5 cm³/mol. The number of nitrogens with zero attached hydrogens (tertiary/aromatic N) is 1. The van der Waals surface area contributed by atoms with Crippen LogP contribution < -0.4 is 0 Å². The normalized spacial score (nSPS) is 14.7. The lowest BCUT2D eigenvalue weighted by Crippen LogP contribution is -2.26. The first-order valence-corrected chi connectivity index (χ1v) is 3.98. The van der Waals surface area contributed by atoms with Gasteiger partial charge in [-0.25, -0.2) is 0 Å². The Morgan fingerprint density at radius 1 is 1.50 bits per heavy atom. The van der Waals surface area contributed by atoms with E-state index in [0.717, 1.165) is 0 Å². The van der Waals surface area contributed by atoms with E-state index in [1.165, 1.54) is 0 Å². The highest BCUT2D eigenvalue weighted by atomic mass is 127. The number of halogens is 1. The molecule has 0 atom stereocenters. The van der Waals surface area contributed by atoms with Gasteiger partial charge >= 0.3 is 0 Å². The second-order valence-corrected chi connectivity index (χ2v) is 2.44. The zero-order valence-corrected chi connectivity index (χ0v) is 7.46. The lowest BCUT2D eigenvalue weighted by Gasteiger charge is -2.09. The minimum Gasteiger partial charge on any atom is -0.324 e. The Hall–Kier alpha value is -0.500. The summed E-state index contributed by atoms with van der Waals surface area (Å²) in [4.78, 5) is 12.6. The van der Waals surface area contributed by atoms with E-state index in [4.69, 9.17) is 0 Å². The van der Waals surface area contributed by atoms with E-state index in [-0.39, 0.29) is 5.91 Å². The summed E-state index contributed by atoms with van der Waals surface area (Å²) < 4.78 is 2.55. The highest BCUT2D eigenvalue weighted by molar-refractivity contribution is 14.1. The topological polar surface area (TPSA) is 20.3 Å². The first-order valence-electron chi connectivity index (χ1n) is 2.90. The molecule has 0 radical (unpaired) electrons. The van der Waals surface area contributed by atoms with Gasteiger partial charge in [0.25, 0.3) is 5.91 Å². The molecule has 0 N–H and O–H groups in total. The Kier molecular flexibility index (Phi) is 2.75. The Morgan fingerprint density at radius 3 is 2.60 bits per heavy atom. The van der Waals surface area contributed by atoms with Crippen molar-refractivity contribution >= 4 is 28.5 Å². The minimum atomic E-state index is -0.0839. The number of hydrogen-bond donors (Lipinski definition) is 0. The molecule has 3 heteroatoms. The van der Waals surface area contributed by atoms with Crippen molar-refractivity contribution in [1.29, 1.82) is 0 Å². The third-order valence-corrected chi connectivity index (χ3v) is 1.53. The van der Waals surface area contributed by atoms with Crippen molar-refractivity contribution in [1.82, 2.24) is 4.90 Å². The van der Waals surface area contributed by atoms with E-state index >= 15 is 0 Å². The van der Waals surface area contributed by atoms with Gasteiger partial charge in [-0.2, -0.15) is 0 Å². The van der Waals surface area contributed by atoms with Crippen LogP contribution in [-0.4, -0.2) is 23.9 Å². The van der Waals surface area contributed by atoms with Gasteiger partial charge in [0.1, 0.15) is 0 Å². The summed E-state index contributed by atoms with van der Waals surface area (Å²) in [6.07, 6.45) is 3.93. The number of amides is 1. The predicted octanol–water partition coefficient (Wildman–Crippen LogP) is 0.781. The van der Waals surface area contributed by atoms with Crippen molar-refractivity contribution in [2.45, 2.75) is 0 Å². The molecule has 1 aliphatic rings. The summed E-state index contributed by atoms with van der Waals surface area (Å²) in [6.45, 7) is 1.42. The molecule has 0 unspecified atom stereocenters. The van der Waals surface area contributed by atoms with Gasteiger partial charge in [0.05, 0.1) is 0 Å². The molecule has 10 heavy (non-hydrogen) atoms. The molecule has 2 nitrogen and oxygen atoms in total. The van der Waals surface area contributed by atoms with Crippen molar-refractivity contribution in [2.75, 3.05) is 13.1 Å². The number of rotatable bonds is 0. The van der Waals surface area contributed by atoms with E-state index in [2.05, 4.69) is 9.85 Å². The molecular weight excluding hydrogens is 241 g/mol. The summed E-state index contributed by atoms with van der Waals surface area (Å²) in [7, 11) is 0. The standard InChI is InChI=1S/C7H6INO/c8-4-3-7(10)9-5-1-2-6-9/h1-2H,5-6H2. The lowest BCUT2D eigenvalue weighted by atomic mass is 10.5. The van der Waals surface area contributed by atoms with Crippen molar-refractivity contribution in [3.05, 3.63) is 12.2 Å². The molecule has 0 aromatic rings. The van der Waals surface area contributed by atoms with Crippen LogP contribution in [-0.2, 0) is 4.79 Å². The minimum absolute atomic E-state index is 0.0839. The van der Waals surface area contributed by atoms with Crippen molar-refractivity contribution < 1.29 is 4.79 Å². The molecule has 0 spiro atoms. The third-order valence-electron chi connectivity index (χ3n) is 1.26. The molecule has 0 saturated carbocycles. The fourth-order valence-corrected chi connectivity index (χ4v) is 0.994. The van der Waals surface area contributed by atoms with Crippen LogP contribution in [0.3, 0.4) is 0 Å². The first kappa shape index (κ1) is 7.61. The average molecular weight is 247 g/mol. The second-order valence-electron chi connectivity index (χ2n) is 1.90. The van der Waals surface area contributed by atoms with Crippen LogP contribution >= 0.6 is 22.6 Å². The Balaban J connectivity index is 2.48. The smallest absolute Gasteiger partial charge is 0.299 e. The molecule has 1 aliphatic heterocycles. The summed E-state index contributed by atoms with van der Waals surface area (Å²) in [6, 6.07) is 0. The largest absolute Gasteiger partial charge is 0.324 e. The molecule has 1 rings (SSSR count). The van der Waals surface area contributed by atoms with Gasteiger partial charge in [-0.1, -0.05) is 12.2 Å². The molecule has 0 bridgehead atoms. The Labute approximate surface area is 73.4 Å². The molecule has 1 heterocycles. The highest BCUT2D eigenvalue weighted by Crippen LogP contribution is 1.97. The molecule has 0 saturated heterocycles. The summed E-state index contributed by atoms with van der Waals surface area (Å²) >= 11 is 1.86. The van der Waals surface area contributed by atoms with Crippen molar-refractivity contribution in [3.63, 3.8) is 0 Å². The van der Waals surface area contributed by atoms with Crippen LogP contribution in [0.4, 0.5) is 0 Å². The fraction of sp³-hybridized carbons (Fsp3) is 0.286. The van der Waals surface area contributed by atoms with Gasteiger partial charge in [0.15, 0.2) is 0 Å². The van der Waals surface area contributed by atoms with E-state index in [0.29, 0.717) is 13.1 Å². The van der Waals surface area contributed by atoms with E-state index in [1.807, 2.05) is 34.7 Å². The van der Waals surface area contributed by atoms with Gasteiger partial charge in [-0.15, -0.1) is 0 Å². The van der Waals surface area contributed by atoms with Gasteiger partial charge < -0.3 is 4.90 Å². The van der Waals surface area contributed by atoms with Gasteiger partial charge in [0, 0.05) is 41.6 Å². The maximum Gasteiger partial charge on any atom is 0.299 e. The first-order chi connectivity index (χ1) is 4.84. The molecular formula is C7H6INO. The molecule has 0 aromatic heterocycles. The van der Waals surface area contributed by atoms with Crippen molar-refractivity contribution in [3.8, 4) is 9.85 Å². The zero-order valence-electron chi connectivity index (χ0n) is 5.30. The van der Waals surface area contributed by atoms with E-state index in [1.54, 1.807) is 4.90 Å². The zero-order chi connectivity index (χ0) is 7.40. The number of carbonyl (C=O) groups excluding carboxylic acids is 1. The average Bonchev–Trinajstić information content (AvgIpc) is 2.38. The van der Waals surface area contributed by atoms with Crippen LogP contribution in [0.1, 0.15) is 0 Å². The molecule has 0 aromatic carbocycles. The summed E-state index contributed by atoms with van der Waals surface area (Å²) in [5, 5.41) is 0. The second kappa shape index (κ2) is 3.62. The summed E-state index contributed by atoms with van der Waals surface area (Å²) in [5.74, 6) is 2.39. The number of carbonyl (C=O) groups is 1. The lowest BCUT2D eigenvalue weighted by molar-refractivity contribution is -0.123. The van der Waals surface area contributed by atoms with Crippen LogP contribution in [0.5, 0.6) is 0 Å². The summed E-state index contributed by atoms with van der Waals surface area (Å²) in [5.41, 5.74) is 0. The maximum atomic E-state index is 11.0. The third kappa shape index (κ3) is 1.74. The van der Waals surface area contributed by atoms with Crippen LogP contribution in [0, 0.1) is 9.85 Å². The monoisotopic (exact) mass is 247 g/mol. The highest BCUT2D eigenvalue weighted by Gasteiger charge is 2.10. The quantitative estimate of drug-likeness (QED) is 0.352. The van der Waals surface area contributed by atoms with Gasteiger partial charge in [-0.05, 0) is 3.93 Å². The molecule has 52 valence electrons. The Bertz CT molecular complexity index is 215. The van der Waals surface area contributed by atoms with Gasteiger partial charge in [-0.3, -0.25) is 4.79 Å². The van der Waals surface area contributed by atoms with E-state index < -0.39 is 0 Å². The van der Waals surface area contributed by atoms with E-state index in [9.17, 15) is 4.79 Å². The van der Waals surface area contributed by atoms with Gasteiger partial charge in [0.2, 0.25) is 0 Å². The van der Waals surface area contributed by atoms with Crippen molar-refractivity contribution in [2.24, 2.45) is 0 Å². The van der Waals surface area contributed by atoms with Crippen LogP contribution in [0.2, 0.25) is 0 Å². The molecule has 0 fully saturated rings. The SMILES string of the molecule is O=C(C#CI)N1CC=CC1. The maximum absolute atomic E-state index is 11.0. The van der Waals surface area contributed by atoms with Crippen LogP contribution in [0.15, 0.2) is 12.2 Å². The Morgan fingerprint density at radius 2 is 2.10 bits per heavy atom. The fourth-order valence-electron chi connectivity index (χ4n) is 0.763.